The molecule has 0 N–H and O–H groups in total. The predicted octanol–water partition coefficient (Wildman–Crippen LogP) is 1.26. The third-order valence-corrected chi connectivity index (χ3v) is 5.12. The summed E-state index contributed by atoms with van der Waals surface area (Å²) in [7, 11) is 1.75. The molecule has 0 bridgehead atoms. The number of benzene rings is 1. The molecule has 4 rings (SSSR count). The van der Waals surface area contributed by atoms with Crippen LogP contribution in [0.2, 0.25) is 0 Å². The van der Waals surface area contributed by atoms with Gasteiger partial charge in [-0.05, 0) is 17.7 Å². The lowest BCUT2D eigenvalue weighted by molar-refractivity contribution is 0.275. The molecule has 0 atom stereocenters. The molecule has 6 nitrogen and oxygen atoms in total. The van der Waals surface area contributed by atoms with Gasteiger partial charge in [0.15, 0.2) is 0 Å². The summed E-state index contributed by atoms with van der Waals surface area (Å²) in [6.07, 6.45) is 4.47. The molecule has 3 heterocycles. The molecule has 0 fully saturated rings. The fourth-order valence-electron chi connectivity index (χ4n) is 3.60. The molecule has 6 heteroatoms. The highest BCUT2D eigenvalue weighted by molar-refractivity contribution is 5.23. The van der Waals surface area contributed by atoms with E-state index in [1.807, 2.05) is 59.4 Å². The van der Waals surface area contributed by atoms with Crippen LogP contribution in [0.25, 0.3) is 0 Å². The molecule has 0 unspecified atom stereocenters. The van der Waals surface area contributed by atoms with Crippen LogP contribution in [-0.4, -0.2) is 31.7 Å². The van der Waals surface area contributed by atoms with Gasteiger partial charge in [0.25, 0.3) is 5.56 Å². The molecule has 1 aliphatic rings. The summed E-state index contributed by atoms with van der Waals surface area (Å²) in [5, 5.41) is 0. The highest BCUT2D eigenvalue weighted by Gasteiger charge is 2.23. The molecular formula is C22H22N4O2. The van der Waals surface area contributed by atoms with Gasteiger partial charge in [0.2, 0.25) is 0 Å². The van der Waals surface area contributed by atoms with E-state index in [1.165, 1.54) is 4.57 Å². The second-order valence-electron chi connectivity index (χ2n) is 6.98. The summed E-state index contributed by atoms with van der Waals surface area (Å²) in [5.74, 6) is 3.15. The van der Waals surface area contributed by atoms with Gasteiger partial charge in [-0.3, -0.25) is 18.8 Å². The van der Waals surface area contributed by atoms with E-state index in [4.69, 9.17) is 0 Å². The zero-order valence-corrected chi connectivity index (χ0v) is 15.8. The predicted molar refractivity (Wildman–Crippen MR) is 108 cm³/mol. The maximum Gasteiger partial charge on any atom is 0.331 e. The van der Waals surface area contributed by atoms with Crippen LogP contribution >= 0.6 is 0 Å². The third kappa shape index (κ3) is 3.57. The number of aromatic nitrogens is 3. The van der Waals surface area contributed by atoms with Crippen LogP contribution in [0, 0.1) is 12.0 Å². The first-order valence-electron chi connectivity index (χ1n) is 9.33. The van der Waals surface area contributed by atoms with Crippen LogP contribution in [0.4, 0.5) is 0 Å². The van der Waals surface area contributed by atoms with Crippen molar-refractivity contribution in [2.75, 3.05) is 13.1 Å². The number of hydrogen-bond acceptors (Lipinski definition) is 3. The highest BCUT2D eigenvalue weighted by atomic mass is 16.2. The molecular weight excluding hydrogens is 352 g/mol. The van der Waals surface area contributed by atoms with Gasteiger partial charge >= 0.3 is 5.69 Å². The van der Waals surface area contributed by atoms with Crippen molar-refractivity contribution in [1.29, 1.82) is 0 Å². The van der Waals surface area contributed by atoms with E-state index in [0.717, 1.165) is 17.8 Å². The summed E-state index contributed by atoms with van der Waals surface area (Å²) in [5.41, 5.74) is 2.03. The normalized spacial score (nSPS) is 13.6. The van der Waals surface area contributed by atoms with E-state index in [-0.39, 0.29) is 17.8 Å². The van der Waals surface area contributed by atoms with Crippen LogP contribution in [0.15, 0.2) is 64.4 Å². The van der Waals surface area contributed by atoms with Crippen molar-refractivity contribution in [2.45, 2.75) is 19.5 Å². The Bertz CT molecular complexity index is 1150. The molecule has 1 aromatic carbocycles. The fourth-order valence-corrected chi connectivity index (χ4v) is 3.60. The molecule has 1 aliphatic heterocycles. The Morgan fingerprint density at radius 1 is 1.04 bits per heavy atom. The first-order chi connectivity index (χ1) is 13.6. The van der Waals surface area contributed by atoms with Crippen molar-refractivity contribution in [3.8, 4) is 12.0 Å². The van der Waals surface area contributed by atoms with Crippen LogP contribution in [0.3, 0.4) is 0 Å². The van der Waals surface area contributed by atoms with Crippen LogP contribution in [0.5, 0.6) is 0 Å². The van der Waals surface area contributed by atoms with Crippen molar-refractivity contribution in [3.05, 3.63) is 92.5 Å². The summed E-state index contributed by atoms with van der Waals surface area (Å²) in [4.78, 5) is 28.0. The molecule has 142 valence electrons. The Kier molecular flexibility index (Phi) is 5.00. The van der Waals surface area contributed by atoms with Crippen molar-refractivity contribution >= 4 is 0 Å². The molecule has 2 aromatic heterocycles. The van der Waals surface area contributed by atoms with Gasteiger partial charge in [-0.1, -0.05) is 36.3 Å². The average Bonchev–Trinajstić information content (AvgIpc) is 3.24. The van der Waals surface area contributed by atoms with Crippen LogP contribution in [0.1, 0.15) is 16.8 Å². The van der Waals surface area contributed by atoms with Gasteiger partial charge in [-0.2, -0.15) is 0 Å². The van der Waals surface area contributed by atoms with Gasteiger partial charge in [-0.25, -0.2) is 4.79 Å². The Morgan fingerprint density at radius 2 is 1.79 bits per heavy atom. The van der Waals surface area contributed by atoms with Gasteiger partial charge in [0.1, 0.15) is 0 Å². The lowest BCUT2D eigenvalue weighted by Gasteiger charge is -2.28. The second-order valence-corrected chi connectivity index (χ2v) is 6.98. The SMILES string of the molecule is Cn1c2c(c(=O)n(Cc3ccccc3)c1=O)CN(CC#Cn1cccc1)CC2. The number of rotatable bonds is 3. The molecule has 0 aliphatic carbocycles. The lowest BCUT2D eigenvalue weighted by atomic mass is 10.1. The van der Waals surface area contributed by atoms with Crippen LogP contribution < -0.4 is 11.2 Å². The Morgan fingerprint density at radius 3 is 2.54 bits per heavy atom. The zero-order valence-electron chi connectivity index (χ0n) is 15.8. The lowest BCUT2D eigenvalue weighted by Crippen LogP contribution is -2.47. The number of fused-ring (bicyclic) bond motifs is 1. The second kappa shape index (κ2) is 7.75. The third-order valence-electron chi connectivity index (χ3n) is 5.12. The molecule has 0 radical (unpaired) electrons. The summed E-state index contributed by atoms with van der Waals surface area (Å²) in [6.45, 7) is 2.16. The maximum atomic E-state index is 13.1. The Balaban J connectivity index is 1.61. The minimum atomic E-state index is -0.256. The van der Waals surface area contributed by atoms with Crippen LogP contribution in [-0.2, 0) is 26.6 Å². The fraction of sp³-hybridized carbons (Fsp3) is 0.273. The molecule has 3 aromatic rings. The van der Waals surface area contributed by atoms with Crippen molar-refractivity contribution in [1.82, 2.24) is 18.6 Å². The van der Waals surface area contributed by atoms with E-state index < -0.39 is 0 Å². The maximum absolute atomic E-state index is 13.1. The Labute approximate surface area is 163 Å². The number of nitrogens with zero attached hydrogens (tertiary/aromatic N) is 4. The largest absolute Gasteiger partial charge is 0.331 e. The van der Waals surface area contributed by atoms with Gasteiger partial charge < -0.3 is 4.57 Å². The highest BCUT2D eigenvalue weighted by Crippen LogP contribution is 2.14. The van der Waals surface area contributed by atoms with Crippen molar-refractivity contribution in [2.24, 2.45) is 7.05 Å². The van der Waals surface area contributed by atoms with E-state index in [0.29, 0.717) is 25.1 Å². The van der Waals surface area contributed by atoms with Gasteiger partial charge in [0.05, 0.1) is 18.7 Å². The van der Waals surface area contributed by atoms with Gasteiger partial charge in [-0.15, -0.1) is 0 Å². The van der Waals surface area contributed by atoms with E-state index in [9.17, 15) is 9.59 Å². The van der Waals surface area contributed by atoms with Gasteiger partial charge in [0, 0.05) is 50.7 Å². The summed E-state index contributed by atoms with van der Waals surface area (Å²) >= 11 is 0. The monoisotopic (exact) mass is 374 g/mol. The van der Waals surface area contributed by atoms with E-state index >= 15 is 0 Å². The minimum Gasteiger partial charge on any atom is -0.300 e. The zero-order chi connectivity index (χ0) is 19.5. The van der Waals surface area contributed by atoms with Crippen molar-refractivity contribution in [3.63, 3.8) is 0 Å². The van der Waals surface area contributed by atoms with E-state index in [2.05, 4.69) is 16.9 Å². The molecule has 28 heavy (non-hydrogen) atoms. The van der Waals surface area contributed by atoms with Crippen molar-refractivity contribution < 1.29 is 0 Å². The molecule has 0 saturated carbocycles. The smallest absolute Gasteiger partial charge is 0.300 e. The first-order valence-corrected chi connectivity index (χ1v) is 9.33. The minimum absolute atomic E-state index is 0.190. The average molecular weight is 374 g/mol. The molecule has 0 spiro atoms. The standard InChI is InChI=1S/C22H22N4O2/c1-23-20-10-15-25(14-7-13-24-11-5-6-12-24)17-19(20)21(27)26(22(23)28)16-18-8-3-2-4-9-18/h2-6,8-9,11-12H,10,14-17H2,1H3. The summed E-state index contributed by atoms with van der Waals surface area (Å²) in [6, 6.07) is 16.5. The molecule has 0 saturated heterocycles. The molecule has 0 amide bonds. The summed E-state index contributed by atoms with van der Waals surface area (Å²) < 4.78 is 4.78. The topological polar surface area (TPSA) is 52.2 Å². The number of hydrogen-bond donors (Lipinski definition) is 0. The Hall–Kier alpha value is -3.30. The quantitative estimate of drug-likeness (QED) is 0.649. The first kappa shape index (κ1) is 18.1. The van der Waals surface area contributed by atoms with E-state index in [1.54, 1.807) is 11.6 Å².